The third-order valence-corrected chi connectivity index (χ3v) is 5.76. The highest BCUT2D eigenvalue weighted by Gasteiger charge is 2.29. The molecule has 7 N–H and O–H groups in total. The summed E-state index contributed by atoms with van der Waals surface area (Å²) in [6, 6.07) is -1.53. The van der Waals surface area contributed by atoms with Crippen molar-refractivity contribution in [2.75, 3.05) is 25.4 Å². The van der Waals surface area contributed by atoms with Crippen molar-refractivity contribution in [2.24, 2.45) is 17.6 Å². The molecule has 0 heterocycles. The summed E-state index contributed by atoms with van der Waals surface area (Å²) in [6.45, 7) is 9.11. The van der Waals surface area contributed by atoms with Crippen molar-refractivity contribution in [2.45, 2.75) is 71.1 Å². The van der Waals surface area contributed by atoms with E-state index in [1.54, 1.807) is 0 Å². The normalized spacial score (nSPS) is 18.0. The van der Waals surface area contributed by atoms with E-state index in [-0.39, 0.29) is 36.9 Å². The smallest absolute Gasteiger partial charge is 0.326 e. The van der Waals surface area contributed by atoms with E-state index in [9.17, 15) is 14.7 Å². The Bertz CT molecular complexity index is 456. The van der Waals surface area contributed by atoms with Crippen LogP contribution < -0.4 is 21.7 Å². The van der Waals surface area contributed by atoms with E-state index in [1.165, 1.54) is 0 Å². The number of aliphatic hydroxyl groups is 1. The molecule has 8 nitrogen and oxygen atoms in total. The van der Waals surface area contributed by atoms with E-state index < -0.39 is 18.1 Å². The van der Waals surface area contributed by atoms with Crippen LogP contribution in [0.4, 0.5) is 0 Å². The van der Waals surface area contributed by atoms with Crippen LogP contribution in [-0.4, -0.2) is 71.7 Å². The van der Waals surface area contributed by atoms with E-state index in [0.29, 0.717) is 24.8 Å². The molecule has 1 amide bonds. The van der Waals surface area contributed by atoms with E-state index in [1.807, 2.05) is 13.8 Å². The van der Waals surface area contributed by atoms with E-state index in [4.69, 9.17) is 10.8 Å². The van der Waals surface area contributed by atoms with Gasteiger partial charge < -0.3 is 31.9 Å². The fourth-order valence-corrected chi connectivity index (χ4v) is 2.95. The molecule has 0 aromatic rings. The second-order valence-electron chi connectivity index (χ2n) is 7.53. The largest absolute Gasteiger partial charge is 0.480 e. The first-order valence-corrected chi connectivity index (χ1v) is 10.8. The fraction of sp³-hybridized carbons (Fsp3) is 0.895. The number of hydrogen-bond donors (Lipinski definition) is 7. The molecule has 0 bridgehead atoms. The number of carbonyl (C=O) groups excluding carboxylic acids is 1. The van der Waals surface area contributed by atoms with Gasteiger partial charge in [0.05, 0.1) is 6.04 Å². The lowest BCUT2D eigenvalue weighted by atomic mass is 9.95. The Kier molecular flexibility index (Phi) is 14.6. The predicted molar refractivity (Wildman–Crippen MR) is 116 cm³/mol. The van der Waals surface area contributed by atoms with Crippen molar-refractivity contribution in [3.05, 3.63) is 0 Å². The topological polar surface area (TPSA) is 137 Å². The number of carboxylic acid groups (broad SMARTS) is 1. The number of thiol groups is 1. The van der Waals surface area contributed by atoms with Crippen molar-refractivity contribution >= 4 is 24.5 Å². The number of aliphatic hydroxyl groups excluding tert-OH is 1. The van der Waals surface area contributed by atoms with E-state index in [0.717, 1.165) is 12.8 Å². The highest BCUT2D eigenvalue weighted by Crippen LogP contribution is 2.12. The molecule has 0 unspecified atom stereocenters. The fourth-order valence-electron chi connectivity index (χ4n) is 2.82. The molecule has 0 spiro atoms. The van der Waals surface area contributed by atoms with E-state index >= 15 is 0 Å². The summed E-state index contributed by atoms with van der Waals surface area (Å²) in [5.74, 6) is -0.509. The highest BCUT2D eigenvalue weighted by molar-refractivity contribution is 7.80. The van der Waals surface area contributed by atoms with Gasteiger partial charge >= 0.3 is 5.97 Å². The van der Waals surface area contributed by atoms with Crippen LogP contribution in [0.1, 0.15) is 47.0 Å². The van der Waals surface area contributed by atoms with Crippen molar-refractivity contribution in [3.8, 4) is 0 Å². The Morgan fingerprint density at radius 1 is 1.07 bits per heavy atom. The molecule has 0 aromatic carbocycles. The first-order valence-electron chi connectivity index (χ1n) is 10.2. The zero-order valence-electron chi connectivity index (χ0n) is 17.6. The maximum atomic E-state index is 12.7. The molecule has 9 heteroatoms. The predicted octanol–water partition coefficient (Wildman–Crippen LogP) is 0.204. The van der Waals surface area contributed by atoms with Crippen LogP contribution in [-0.2, 0) is 9.59 Å². The van der Waals surface area contributed by atoms with Crippen LogP contribution in [0.2, 0.25) is 0 Å². The Balaban J connectivity index is 5.07. The van der Waals surface area contributed by atoms with Gasteiger partial charge in [0, 0.05) is 44.0 Å². The first kappa shape index (κ1) is 27.1. The second-order valence-corrected chi connectivity index (χ2v) is 7.89. The number of carbonyl (C=O) groups is 2. The number of aliphatic carboxylic acids is 1. The van der Waals surface area contributed by atoms with Gasteiger partial charge in [0.1, 0.15) is 6.04 Å². The molecular formula is C19H40N4O4S. The number of amides is 1. The number of carboxylic acids is 1. The lowest BCUT2D eigenvalue weighted by Crippen LogP contribution is -2.56. The maximum absolute atomic E-state index is 12.7. The van der Waals surface area contributed by atoms with Crippen LogP contribution >= 0.6 is 12.6 Å². The zero-order chi connectivity index (χ0) is 21.7. The molecule has 0 rings (SSSR count). The Hall–Kier alpha value is -0.870. The van der Waals surface area contributed by atoms with Gasteiger partial charge in [0.2, 0.25) is 5.91 Å². The molecule has 0 aromatic heterocycles. The second kappa shape index (κ2) is 15.0. The number of nitrogens with one attached hydrogen (secondary N) is 3. The van der Waals surface area contributed by atoms with Crippen LogP contribution in [0.25, 0.3) is 0 Å². The minimum absolute atomic E-state index is 0.0209. The van der Waals surface area contributed by atoms with E-state index in [2.05, 4.69) is 42.4 Å². The van der Waals surface area contributed by atoms with Crippen molar-refractivity contribution in [3.63, 3.8) is 0 Å². The molecule has 0 aliphatic carbocycles. The van der Waals surface area contributed by atoms with Gasteiger partial charge in [0.15, 0.2) is 0 Å². The van der Waals surface area contributed by atoms with Gasteiger partial charge in [-0.05, 0) is 11.8 Å². The number of nitrogens with two attached hydrogens (primary N) is 1. The van der Waals surface area contributed by atoms with Gasteiger partial charge in [-0.25, -0.2) is 4.79 Å². The molecule has 28 heavy (non-hydrogen) atoms. The molecule has 0 radical (unpaired) electrons. The molecule has 0 fully saturated rings. The Labute approximate surface area is 174 Å². The molecule has 166 valence electrons. The number of rotatable bonds is 16. The molecule has 0 aliphatic rings. The quantitative estimate of drug-likeness (QED) is 0.177. The van der Waals surface area contributed by atoms with Crippen LogP contribution in [0.5, 0.6) is 0 Å². The molecule has 0 saturated heterocycles. The standard InChI is InChI=1S/C19H40N4O4S/c1-5-12(3)16(21-9-14(20)11-28)10-22-17(13(4)6-2)18(25)23-15(7-8-24)19(26)27/h12-17,21-22,24,28H,5-11,20H2,1-4H3,(H,23,25)(H,26,27)/t12-,13-,14+,15-,16+,17-/m0/s1. The zero-order valence-corrected chi connectivity index (χ0v) is 18.5. The summed E-state index contributed by atoms with van der Waals surface area (Å²) in [5.41, 5.74) is 5.95. The highest BCUT2D eigenvalue weighted by atomic mass is 32.1. The van der Waals surface area contributed by atoms with Gasteiger partial charge in [0.25, 0.3) is 0 Å². The molecule has 6 atom stereocenters. The van der Waals surface area contributed by atoms with Gasteiger partial charge in [-0.2, -0.15) is 12.6 Å². The lowest BCUT2D eigenvalue weighted by Gasteiger charge is -2.30. The average molecular weight is 421 g/mol. The first-order chi connectivity index (χ1) is 13.2. The summed E-state index contributed by atoms with van der Waals surface area (Å²) < 4.78 is 0. The summed E-state index contributed by atoms with van der Waals surface area (Å²) in [6.07, 6.45) is 1.73. The van der Waals surface area contributed by atoms with Gasteiger partial charge in [-0.3, -0.25) is 4.79 Å². The summed E-state index contributed by atoms with van der Waals surface area (Å²) >= 11 is 4.21. The molecule has 0 aliphatic heterocycles. The van der Waals surface area contributed by atoms with Crippen molar-refractivity contribution in [1.29, 1.82) is 0 Å². The Morgan fingerprint density at radius 3 is 2.14 bits per heavy atom. The monoisotopic (exact) mass is 420 g/mol. The number of hydrogen-bond acceptors (Lipinski definition) is 7. The maximum Gasteiger partial charge on any atom is 0.326 e. The lowest BCUT2D eigenvalue weighted by molar-refractivity contribution is -0.142. The summed E-state index contributed by atoms with van der Waals surface area (Å²) in [4.78, 5) is 24.0. The minimum atomic E-state index is -1.15. The minimum Gasteiger partial charge on any atom is -0.480 e. The van der Waals surface area contributed by atoms with Crippen LogP contribution in [0.15, 0.2) is 0 Å². The van der Waals surface area contributed by atoms with Gasteiger partial charge in [-0.1, -0.05) is 40.5 Å². The molecule has 0 saturated carbocycles. The third-order valence-electron chi connectivity index (χ3n) is 5.29. The van der Waals surface area contributed by atoms with Crippen molar-refractivity contribution in [1.82, 2.24) is 16.0 Å². The van der Waals surface area contributed by atoms with Crippen LogP contribution in [0.3, 0.4) is 0 Å². The Morgan fingerprint density at radius 2 is 1.68 bits per heavy atom. The summed E-state index contributed by atoms with van der Waals surface area (Å²) in [5, 5.41) is 27.6. The average Bonchev–Trinajstić information content (AvgIpc) is 2.68. The molecular weight excluding hydrogens is 380 g/mol. The summed E-state index contributed by atoms with van der Waals surface area (Å²) in [7, 11) is 0. The third kappa shape index (κ3) is 10.1. The van der Waals surface area contributed by atoms with Crippen LogP contribution in [0, 0.1) is 11.8 Å². The SMILES string of the molecule is CC[C@H](C)[C@H](NC[C@@H](NC[C@@H](N)CS)[C@@H](C)CC)C(=O)N[C@@H](CCO)C(=O)O. The van der Waals surface area contributed by atoms with Gasteiger partial charge in [-0.15, -0.1) is 0 Å². The van der Waals surface area contributed by atoms with Crippen molar-refractivity contribution < 1.29 is 19.8 Å².